The second kappa shape index (κ2) is 6.17. The molecule has 0 aliphatic carbocycles. The molecule has 0 amide bonds. The third-order valence-electron chi connectivity index (χ3n) is 2.82. The Morgan fingerprint density at radius 3 is 2.35 bits per heavy atom. The summed E-state index contributed by atoms with van der Waals surface area (Å²) in [6, 6.07) is 9.93. The molecule has 0 aliphatic rings. The highest BCUT2D eigenvalue weighted by Gasteiger charge is 2.14. The van der Waals surface area contributed by atoms with E-state index in [0.717, 1.165) is 0 Å². The van der Waals surface area contributed by atoms with Gasteiger partial charge in [0.05, 0.1) is 11.9 Å². The van der Waals surface area contributed by atoms with Gasteiger partial charge < -0.3 is 5.11 Å². The Bertz CT molecular complexity index is 425. The van der Waals surface area contributed by atoms with Crippen molar-refractivity contribution in [2.45, 2.75) is 31.8 Å². The molecule has 0 radical (unpaired) electrons. The van der Waals surface area contributed by atoms with Gasteiger partial charge in [-0.25, -0.2) is 8.42 Å². The first-order chi connectivity index (χ1) is 7.88. The Labute approximate surface area is 103 Å². The molecule has 3 nitrogen and oxygen atoms in total. The summed E-state index contributed by atoms with van der Waals surface area (Å²) >= 11 is 0. The average Bonchev–Trinajstić information content (AvgIpc) is 2.27. The minimum absolute atomic E-state index is 0.0513. The largest absolute Gasteiger partial charge is 0.393 e. The van der Waals surface area contributed by atoms with E-state index in [2.05, 4.69) is 0 Å². The summed E-state index contributed by atoms with van der Waals surface area (Å²) in [5.41, 5.74) is 1.17. The Hall–Kier alpha value is -0.870. The quantitative estimate of drug-likeness (QED) is 0.846. The van der Waals surface area contributed by atoms with Crippen LogP contribution in [0.1, 0.15) is 31.2 Å². The van der Waals surface area contributed by atoms with Gasteiger partial charge in [-0.2, -0.15) is 0 Å². The van der Waals surface area contributed by atoms with Gasteiger partial charge >= 0.3 is 0 Å². The number of sulfone groups is 1. The highest BCUT2D eigenvalue weighted by atomic mass is 32.2. The highest BCUT2D eigenvalue weighted by Crippen LogP contribution is 2.21. The fourth-order valence-electron chi connectivity index (χ4n) is 1.79. The van der Waals surface area contributed by atoms with Gasteiger partial charge in [-0.15, -0.1) is 0 Å². The van der Waals surface area contributed by atoms with Crippen molar-refractivity contribution in [1.82, 2.24) is 0 Å². The zero-order valence-electron chi connectivity index (χ0n) is 10.3. The molecule has 2 atom stereocenters. The first kappa shape index (κ1) is 14.2. The van der Waals surface area contributed by atoms with Gasteiger partial charge in [0.15, 0.2) is 0 Å². The molecule has 0 saturated carbocycles. The Balaban J connectivity index is 2.44. The lowest BCUT2D eigenvalue weighted by Crippen LogP contribution is -2.16. The summed E-state index contributed by atoms with van der Waals surface area (Å²) in [6.45, 7) is 2.04. The van der Waals surface area contributed by atoms with E-state index in [1.165, 1.54) is 11.8 Å². The maximum atomic E-state index is 11.0. The molecule has 2 unspecified atom stereocenters. The van der Waals surface area contributed by atoms with E-state index in [1.807, 2.05) is 37.3 Å². The van der Waals surface area contributed by atoms with Crippen molar-refractivity contribution in [3.63, 3.8) is 0 Å². The molecular weight excluding hydrogens is 236 g/mol. The van der Waals surface area contributed by atoms with Gasteiger partial charge in [0.2, 0.25) is 0 Å². The maximum absolute atomic E-state index is 11.0. The molecule has 0 heterocycles. The second-order valence-corrected chi connectivity index (χ2v) is 6.88. The van der Waals surface area contributed by atoms with Gasteiger partial charge in [0, 0.05) is 6.26 Å². The molecule has 0 spiro atoms. The van der Waals surface area contributed by atoms with Crippen molar-refractivity contribution in [3.05, 3.63) is 35.9 Å². The molecule has 1 rings (SSSR count). The number of hydrogen-bond acceptors (Lipinski definition) is 3. The average molecular weight is 256 g/mol. The fourth-order valence-corrected chi connectivity index (χ4v) is 2.49. The summed E-state index contributed by atoms with van der Waals surface area (Å²) in [6.07, 6.45) is 1.55. The Morgan fingerprint density at radius 2 is 1.82 bits per heavy atom. The topological polar surface area (TPSA) is 54.4 Å². The van der Waals surface area contributed by atoms with Crippen molar-refractivity contribution >= 4 is 9.84 Å². The normalized spacial score (nSPS) is 15.5. The molecule has 0 aliphatic heterocycles. The number of aliphatic hydroxyl groups is 1. The molecule has 0 saturated heterocycles. The van der Waals surface area contributed by atoms with Gasteiger partial charge in [-0.05, 0) is 24.3 Å². The first-order valence-corrected chi connectivity index (χ1v) is 7.85. The van der Waals surface area contributed by atoms with Gasteiger partial charge in [-0.3, -0.25) is 0 Å². The monoisotopic (exact) mass is 256 g/mol. The van der Waals surface area contributed by atoms with E-state index >= 15 is 0 Å². The molecule has 4 heteroatoms. The SMILES string of the molecule is CC(CC(O)CCS(C)(=O)=O)c1ccccc1. The van der Waals surface area contributed by atoms with E-state index in [9.17, 15) is 13.5 Å². The summed E-state index contributed by atoms with van der Waals surface area (Å²) in [4.78, 5) is 0. The van der Waals surface area contributed by atoms with Gasteiger partial charge in [0.25, 0.3) is 0 Å². The maximum Gasteiger partial charge on any atom is 0.147 e. The number of rotatable bonds is 6. The predicted molar refractivity (Wildman–Crippen MR) is 69.8 cm³/mol. The lowest BCUT2D eigenvalue weighted by atomic mass is 9.94. The van der Waals surface area contributed by atoms with Crippen LogP contribution in [0.15, 0.2) is 30.3 Å². The first-order valence-electron chi connectivity index (χ1n) is 5.79. The molecule has 1 aromatic rings. The Morgan fingerprint density at radius 1 is 1.24 bits per heavy atom. The molecular formula is C13H20O3S. The minimum Gasteiger partial charge on any atom is -0.393 e. The highest BCUT2D eigenvalue weighted by molar-refractivity contribution is 7.90. The van der Waals surface area contributed by atoms with Crippen LogP contribution in [0.2, 0.25) is 0 Å². The van der Waals surface area contributed by atoms with E-state index in [0.29, 0.717) is 12.8 Å². The van der Waals surface area contributed by atoms with E-state index < -0.39 is 15.9 Å². The smallest absolute Gasteiger partial charge is 0.147 e. The zero-order valence-corrected chi connectivity index (χ0v) is 11.2. The van der Waals surface area contributed by atoms with Crippen LogP contribution in [0.4, 0.5) is 0 Å². The van der Waals surface area contributed by atoms with E-state index in [1.54, 1.807) is 0 Å². The third-order valence-corrected chi connectivity index (χ3v) is 3.79. The van der Waals surface area contributed by atoms with E-state index in [-0.39, 0.29) is 11.7 Å². The second-order valence-electron chi connectivity index (χ2n) is 4.62. The van der Waals surface area contributed by atoms with Crippen molar-refractivity contribution in [2.75, 3.05) is 12.0 Å². The number of benzene rings is 1. The number of aliphatic hydroxyl groups excluding tert-OH is 1. The van der Waals surface area contributed by atoms with Crippen LogP contribution < -0.4 is 0 Å². The van der Waals surface area contributed by atoms with Crippen molar-refractivity contribution < 1.29 is 13.5 Å². The Kier molecular flexibility index (Phi) is 5.15. The fraction of sp³-hybridized carbons (Fsp3) is 0.538. The lowest BCUT2D eigenvalue weighted by molar-refractivity contribution is 0.153. The van der Waals surface area contributed by atoms with Crippen LogP contribution in [0.5, 0.6) is 0 Å². The van der Waals surface area contributed by atoms with Crippen LogP contribution >= 0.6 is 0 Å². The standard InChI is InChI=1S/C13H20O3S/c1-11(12-6-4-3-5-7-12)10-13(14)8-9-17(2,15)16/h3-7,11,13-14H,8-10H2,1-2H3. The summed E-state index contributed by atoms with van der Waals surface area (Å²) < 4.78 is 22.0. The summed E-state index contributed by atoms with van der Waals surface area (Å²) in [5, 5.41) is 9.78. The van der Waals surface area contributed by atoms with Gasteiger partial charge in [-0.1, -0.05) is 37.3 Å². The van der Waals surface area contributed by atoms with Crippen molar-refractivity contribution in [1.29, 1.82) is 0 Å². The van der Waals surface area contributed by atoms with E-state index in [4.69, 9.17) is 0 Å². The predicted octanol–water partition coefficient (Wildman–Crippen LogP) is 1.98. The van der Waals surface area contributed by atoms with Crippen LogP contribution in [-0.4, -0.2) is 31.6 Å². The lowest BCUT2D eigenvalue weighted by Gasteiger charge is -2.16. The minimum atomic E-state index is -2.98. The summed E-state index contributed by atoms with van der Waals surface area (Å²) in [5.74, 6) is 0.293. The number of hydrogen-bond donors (Lipinski definition) is 1. The third kappa shape index (κ3) is 5.84. The molecule has 0 fully saturated rings. The van der Waals surface area contributed by atoms with Crippen LogP contribution in [-0.2, 0) is 9.84 Å². The zero-order chi connectivity index (χ0) is 12.9. The molecule has 0 bridgehead atoms. The molecule has 1 aromatic carbocycles. The van der Waals surface area contributed by atoms with Crippen LogP contribution in [0, 0.1) is 0 Å². The molecule has 1 N–H and O–H groups in total. The molecule has 0 aromatic heterocycles. The summed E-state index contributed by atoms with van der Waals surface area (Å²) in [7, 11) is -2.98. The van der Waals surface area contributed by atoms with Gasteiger partial charge in [0.1, 0.15) is 9.84 Å². The van der Waals surface area contributed by atoms with Crippen LogP contribution in [0.25, 0.3) is 0 Å². The van der Waals surface area contributed by atoms with Crippen molar-refractivity contribution in [3.8, 4) is 0 Å². The van der Waals surface area contributed by atoms with Crippen molar-refractivity contribution in [2.24, 2.45) is 0 Å². The molecule has 96 valence electrons. The molecule has 17 heavy (non-hydrogen) atoms. The van der Waals surface area contributed by atoms with Crippen LogP contribution in [0.3, 0.4) is 0 Å².